The van der Waals surface area contributed by atoms with Crippen LogP contribution in [0.2, 0.25) is 19.6 Å². The van der Waals surface area contributed by atoms with Gasteiger partial charge in [-0.15, -0.1) is 11.3 Å². The highest BCUT2D eigenvalue weighted by molar-refractivity contribution is 7.26. The van der Waals surface area contributed by atoms with Crippen LogP contribution in [0.15, 0.2) is 78.9 Å². The van der Waals surface area contributed by atoms with Gasteiger partial charge in [-0.05, 0) is 58.8 Å². The minimum absolute atomic E-state index is 1.10. The van der Waals surface area contributed by atoms with Crippen molar-refractivity contribution in [2.45, 2.75) is 26.6 Å². The van der Waals surface area contributed by atoms with Gasteiger partial charge in [0, 0.05) is 31.1 Å². The molecule has 0 radical (unpaired) electrons. The molecule has 4 aromatic carbocycles. The molecule has 32 heavy (non-hydrogen) atoms. The Bertz CT molecular complexity index is 1670. The third kappa shape index (κ3) is 3.00. The molecule has 0 bridgehead atoms. The number of fused-ring (bicyclic) bond motifs is 6. The van der Waals surface area contributed by atoms with Crippen LogP contribution in [0.1, 0.15) is 5.56 Å². The predicted octanol–water partition coefficient (Wildman–Crippen LogP) is 8.28. The summed E-state index contributed by atoms with van der Waals surface area (Å²) in [5, 5.41) is 8.12. The number of benzene rings is 4. The Morgan fingerprint density at radius 1 is 0.750 bits per heavy atom. The van der Waals surface area contributed by atoms with Crippen LogP contribution in [0.3, 0.4) is 0 Å². The number of hydrogen-bond acceptors (Lipinski definition) is 2. The van der Waals surface area contributed by atoms with Gasteiger partial charge in [-0.2, -0.15) is 0 Å². The van der Waals surface area contributed by atoms with Gasteiger partial charge in [-0.3, -0.25) is 0 Å². The van der Waals surface area contributed by atoms with Crippen LogP contribution in [0.4, 0.5) is 0 Å². The second-order valence-corrected chi connectivity index (χ2v) is 15.9. The van der Waals surface area contributed by atoms with Gasteiger partial charge in [0.25, 0.3) is 0 Å². The maximum absolute atomic E-state index is 5.26. The van der Waals surface area contributed by atoms with Crippen LogP contribution in [0.25, 0.3) is 53.1 Å². The molecule has 1 nitrogen and oxygen atoms in total. The summed E-state index contributed by atoms with van der Waals surface area (Å²) in [7, 11) is -1.63. The zero-order chi connectivity index (χ0) is 22.0. The van der Waals surface area contributed by atoms with Crippen LogP contribution >= 0.6 is 11.3 Å². The smallest absolute Gasteiger partial charge is 0.0786 e. The van der Waals surface area contributed by atoms with Gasteiger partial charge >= 0.3 is 0 Å². The molecular weight excluding hydrogens is 422 g/mol. The summed E-state index contributed by atoms with van der Waals surface area (Å²) >= 11 is 1.88. The summed E-state index contributed by atoms with van der Waals surface area (Å²) in [6.07, 6.45) is 0. The highest BCUT2D eigenvalue weighted by Gasteiger charge is 2.23. The molecule has 0 amide bonds. The number of pyridine rings is 1. The van der Waals surface area contributed by atoms with Gasteiger partial charge in [-0.25, -0.2) is 4.98 Å². The Kier molecular flexibility index (Phi) is 4.30. The molecule has 2 aromatic heterocycles. The van der Waals surface area contributed by atoms with Crippen molar-refractivity contribution in [2.24, 2.45) is 0 Å². The maximum Gasteiger partial charge on any atom is 0.0786 e. The topological polar surface area (TPSA) is 12.9 Å². The zero-order valence-electron chi connectivity index (χ0n) is 18.9. The number of nitrogens with zero attached hydrogens (tertiary/aromatic N) is 1. The van der Waals surface area contributed by atoms with Crippen molar-refractivity contribution in [3.8, 4) is 11.3 Å². The molecule has 6 aromatic rings. The average Bonchev–Trinajstić information content (AvgIpc) is 3.15. The minimum Gasteiger partial charge on any atom is -0.248 e. The first kappa shape index (κ1) is 19.7. The Hall–Kier alpha value is -3.01. The zero-order valence-corrected chi connectivity index (χ0v) is 20.7. The lowest BCUT2D eigenvalue weighted by Crippen LogP contribution is -2.38. The number of aromatic nitrogens is 1. The molecule has 0 aliphatic carbocycles. The fraction of sp³-hybridized carbons (Fsp3) is 0.138. The van der Waals surface area contributed by atoms with E-state index in [1.54, 1.807) is 0 Å². The Labute approximate surface area is 193 Å². The molecule has 2 heterocycles. The van der Waals surface area contributed by atoms with Gasteiger partial charge in [0.1, 0.15) is 0 Å². The van der Waals surface area contributed by atoms with Crippen molar-refractivity contribution in [1.82, 2.24) is 4.98 Å². The lowest BCUT2D eigenvalue weighted by atomic mass is 10.0. The van der Waals surface area contributed by atoms with Crippen molar-refractivity contribution in [3.63, 3.8) is 0 Å². The Morgan fingerprint density at radius 3 is 2.31 bits per heavy atom. The molecule has 0 N–H and O–H groups in total. The monoisotopic (exact) mass is 447 g/mol. The molecule has 156 valence electrons. The minimum atomic E-state index is -1.63. The molecule has 3 heteroatoms. The average molecular weight is 448 g/mol. The quantitative estimate of drug-likeness (QED) is 0.192. The van der Waals surface area contributed by atoms with Crippen LogP contribution in [-0.2, 0) is 0 Å². The van der Waals surface area contributed by atoms with E-state index in [1.165, 1.54) is 52.6 Å². The molecule has 0 saturated heterocycles. The van der Waals surface area contributed by atoms with Crippen molar-refractivity contribution in [1.29, 1.82) is 0 Å². The van der Waals surface area contributed by atoms with Gasteiger partial charge in [0.2, 0.25) is 0 Å². The van der Waals surface area contributed by atoms with Crippen molar-refractivity contribution in [2.75, 3.05) is 0 Å². The van der Waals surface area contributed by atoms with E-state index in [9.17, 15) is 0 Å². The molecule has 0 atom stereocenters. The summed E-state index contributed by atoms with van der Waals surface area (Å²) in [5.41, 5.74) is 4.75. The number of thiophene rings is 1. The fourth-order valence-electron chi connectivity index (χ4n) is 4.90. The van der Waals surface area contributed by atoms with E-state index in [2.05, 4.69) is 105 Å². The van der Waals surface area contributed by atoms with E-state index in [1.807, 2.05) is 11.3 Å². The van der Waals surface area contributed by atoms with Gasteiger partial charge in [0.15, 0.2) is 0 Å². The molecule has 0 aliphatic rings. The van der Waals surface area contributed by atoms with E-state index >= 15 is 0 Å². The molecule has 0 unspecified atom stereocenters. The molecule has 0 spiro atoms. The highest BCUT2D eigenvalue weighted by atomic mass is 32.1. The summed E-state index contributed by atoms with van der Waals surface area (Å²) < 4.78 is 2.68. The number of aryl methyl sites for hydroxylation is 1. The van der Waals surface area contributed by atoms with Crippen LogP contribution in [0, 0.1) is 6.92 Å². The molecule has 0 saturated carbocycles. The summed E-state index contributed by atoms with van der Waals surface area (Å²) in [6.45, 7) is 9.53. The lowest BCUT2D eigenvalue weighted by Gasteiger charge is -2.22. The largest absolute Gasteiger partial charge is 0.248 e. The SMILES string of the molecule is Cc1cc(-c2cc([Si](C)(C)C)c3c(ccc4ccccc43)n2)c2sc3ccccc3c2c1. The Morgan fingerprint density at radius 2 is 1.50 bits per heavy atom. The fourth-order valence-corrected chi connectivity index (χ4v) is 7.69. The van der Waals surface area contributed by atoms with E-state index in [-0.39, 0.29) is 0 Å². The number of hydrogen-bond donors (Lipinski definition) is 0. The highest BCUT2D eigenvalue weighted by Crippen LogP contribution is 2.40. The first-order valence-corrected chi connectivity index (χ1v) is 15.5. The molecular formula is C29H25NSSi. The maximum atomic E-state index is 5.26. The first-order valence-electron chi connectivity index (χ1n) is 11.2. The predicted molar refractivity (Wildman–Crippen MR) is 145 cm³/mol. The van der Waals surface area contributed by atoms with E-state index in [4.69, 9.17) is 4.98 Å². The van der Waals surface area contributed by atoms with E-state index in [0.717, 1.165) is 11.2 Å². The van der Waals surface area contributed by atoms with Crippen molar-refractivity contribution >= 4 is 66.4 Å². The van der Waals surface area contributed by atoms with Crippen LogP contribution in [-0.4, -0.2) is 13.1 Å². The van der Waals surface area contributed by atoms with E-state index in [0.29, 0.717) is 0 Å². The molecule has 0 fully saturated rings. The second kappa shape index (κ2) is 6.99. The van der Waals surface area contributed by atoms with E-state index < -0.39 is 8.07 Å². The van der Waals surface area contributed by atoms with Crippen LogP contribution in [0.5, 0.6) is 0 Å². The van der Waals surface area contributed by atoms with Gasteiger partial charge in [-0.1, -0.05) is 68.2 Å². The standard InChI is InChI=1S/C29H25NSSi/c1-18-15-22-21-11-7-8-12-26(21)31-29(22)23(16-18)25-17-27(32(2,3)4)28-20-10-6-5-9-19(20)13-14-24(28)30-25/h5-17H,1-4H3. The summed E-state index contributed by atoms with van der Waals surface area (Å²) in [5.74, 6) is 0. The summed E-state index contributed by atoms with van der Waals surface area (Å²) in [4.78, 5) is 5.26. The van der Waals surface area contributed by atoms with Crippen molar-refractivity contribution < 1.29 is 0 Å². The number of rotatable bonds is 2. The molecule has 6 rings (SSSR count). The van der Waals surface area contributed by atoms with Crippen LogP contribution < -0.4 is 5.19 Å². The second-order valence-electron chi connectivity index (χ2n) is 9.77. The normalized spacial score (nSPS) is 12.4. The Balaban J connectivity index is 1.74. The molecule has 0 aliphatic heterocycles. The van der Waals surface area contributed by atoms with Gasteiger partial charge in [0.05, 0.1) is 19.3 Å². The third-order valence-corrected chi connectivity index (χ3v) is 9.64. The van der Waals surface area contributed by atoms with Crippen molar-refractivity contribution in [3.05, 3.63) is 84.4 Å². The lowest BCUT2D eigenvalue weighted by molar-refractivity contribution is 1.41. The first-order chi connectivity index (χ1) is 15.4. The summed E-state index contributed by atoms with van der Waals surface area (Å²) in [6, 6.07) is 28.9. The van der Waals surface area contributed by atoms with Gasteiger partial charge < -0.3 is 0 Å². The third-order valence-electron chi connectivity index (χ3n) is 6.40.